The van der Waals surface area contributed by atoms with E-state index in [1.807, 2.05) is 36.4 Å². The highest BCUT2D eigenvalue weighted by molar-refractivity contribution is 7.80. The monoisotopic (exact) mass is 363 g/mol. The van der Waals surface area contributed by atoms with Gasteiger partial charge in [-0.15, -0.1) is 4.28 Å². The summed E-state index contributed by atoms with van der Waals surface area (Å²) in [4.78, 5) is 4.44. The van der Waals surface area contributed by atoms with E-state index in [0.717, 1.165) is 5.06 Å². The highest BCUT2D eigenvalue weighted by Gasteiger charge is 2.31. The normalized spacial score (nSPS) is 12.7. The molecule has 0 aliphatic rings. The summed E-state index contributed by atoms with van der Waals surface area (Å²) in [5.41, 5.74) is 0.463. The quantitative estimate of drug-likeness (QED) is 0.373. The number of guanidine groups is 1. The van der Waals surface area contributed by atoms with Crippen molar-refractivity contribution in [2.45, 2.75) is 26.3 Å². The predicted octanol–water partition coefficient (Wildman–Crippen LogP) is 3.62. The van der Waals surface area contributed by atoms with Crippen LogP contribution in [-0.4, -0.2) is 29.5 Å². The molecule has 134 valence electrons. The van der Waals surface area contributed by atoms with Gasteiger partial charge < -0.3 is 5.32 Å². The minimum Gasteiger partial charge on any atom is -0.324 e. The van der Waals surface area contributed by atoms with Crippen molar-refractivity contribution in [3.63, 3.8) is 0 Å². The Morgan fingerprint density at radius 2 is 1.56 bits per heavy atom. The van der Waals surface area contributed by atoms with Gasteiger partial charge in [-0.25, -0.2) is 4.99 Å². The second-order valence-corrected chi connectivity index (χ2v) is 7.23. The van der Waals surface area contributed by atoms with Gasteiger partial charge in [0.2, 0.25) is 5.96 Å². The van der Waals surface area contributed by atoms with Crippen molar-refractivity contribution in [3.05, 3.63) is 60.7 Å². The van der Waals surface area contributed by atoms with E-state index >= 15 is 0 Å². The van der Waals surface area contributed by atoms with E-state index in [2.05, 4.69) is 10.3 Å². The number of benzene rings is 2. The number of hydrogen-bond donors (Lipinski definition) is 2. The maximum Gasteiger partial charge on any atom is 0.418 e. The lowest BCUT2D eigenvalue weighted by Crippen LogP contribution is -2.49. The summed E-state index contributed by atoms with van der Waals surface area (Å²) in [6, 6.07) is 18.1. The van der Waals surface area contributed by atoms with E-state index in [-0.39, 0.29) is 5.96 Å². The smallest absolute Gasteiger partial charge is 0.324 e. The fourth-order valence-electron chi connectivity index (χ4n) is 1.96. The number of anilines is 1. The molecule has 0 radical (unpaired) electrons. The largest absolute Gasteiger partial charge is 0.418 e. The number of rotatable bonds is 4. The van der Waals surface area contributed by atoms with Crippen LogP contribution in [0, 0.1) is 0 Å². The Morgan fingerprint density at radius 3 is 2.04 bits per heavy atom. The number of para-hydroxylation sites is 2. The first kappa shape index (κ1) is 18.9. The summed E-state index contributed by atoms with van der Waals surface area (Å²) in [6.45, 7) is 5.18. The van der Waals surface area contributed by atoms with Crippen molar-refractivity contribution in [3.8, 4) is 0 Å². The predicted molar refractivity (Wildman–Crippen MR) is 97.8 cm³/mol. The van der Waals surface area contributed by atoms with E-state index in [1.165, 1.54) is 0 Å². The number of hydroxylamine groups is 2. The van der Waals surface area contributed by atoms with E-state index in [4.69, 9.17) is 8.84 Å². The highest BCUT2D eigenvalue weighted by atomic mass is 32.3. The Hall–Kier alpha value is -2.42. The molecule has 0 bridgehead atoms. The van der Waals surface area contributed by atoms with Gasteiger partial charge in [-0.2, -0.15) is 13.5 Å². The summed E-state index contributed by atoms with van der Waals surface area (Å²) in [7, 11) is -4.73. The Kier molecular flexibility index (Phi) is 5.78. The minimum absolute atomic E-state index is 0.113. The molecule has 0 aliphatic heterocycles. The van der Waals surface area contributed by atoms with E-state index < -0.39 is 15.9 Å². The third kappa shape index (κ3) is 6.18. The second kappa shape index (κ2) is 7.64. The molecule has 0 unspecified atom stereocenters. The molecular formula is C17H21N3O4S. The third-order valence-corrected chi connectivity index (χ3v) is 3.33. The zero-order valence-electron chi connectivity index (χ0n) is 14.2. The van der Waals surface area contributed by atoms with Gasteiger partial charge in [0, 0.05) is 5.69 Å². The third-order valence-electron chi connectivity index (χ3n) is 2.99. The lowest BCUT2D eigenvalue weighted by atomic mass is 10.1. The Labute approximate surface area is 147 Å². The van der Waals surface area contributed by atoms with Crippen molar-refractivity contribution in [1.82, 2.24) is 5.06 Å². The average Bonchev–Trinajstić information content (AvgIpc) is 2.52. The van der Waals surface area contributed by atoms with Gasteiger partial charge in [0.25, 0.3) is 0 Å². The molecule has 0 aromatic heterocycles. The van der Waals surface area contributed by atoms with Crippen LogP contribution in [0.5, 0.6) is 0 Å². The van der Waals surface area contributed by atoms with Gasteiger partial charge in [-0.3, -0.25) is 4.55 Å². The van der Waals surface area contributed by atoms with Gasteiger partial charge in [0.05, 0.1) is 11.2 Å². The second-order valence-electron chi connectivity index (χ2n) is 6.23. The molecule has 2 aromatic carbocycles. The summed E-state index contributed by atoms with van der Waals surface area (Å²) in [5, 5.41) is 4.05. The molecule has 0 heterocycles. The molecule has 0 spiro atoms. The van der Waals surface area contributed by atoms with Crippen LogP contribution < -0.4 is 5.32 Å². The van der Waals surface area contributed by atoms with Gasteiger partial charge in [0.15, 0.2) is 0 Å². The van der Waals surface area contributed by atoms with Crippen LogP contribution in [0.2, 0.25) is 0 Å². The average molecular weight is 363 g/mol. The lowest BCUT2D eigenvalue weighted by Gasteiger charge is -2.34. The molecule has 2 rings (SSSR count). The van der Waals surface area contributed by atoms with Crippen LogP contribution in [0.3, 0.4) is 0 Å². The van der Waals surface area contributed by atoms with Crippen LogP contribution in [0.15, 0.2) is 65.7 Å². The first-order valence-corrected chi connectivity index (χ1v) is 8.95. The van der Waals surface area contributed by atoms with Crippen molar-refractivity contribution in [2.75, 3.05) is 5.32 Å². The fourth-order valence-corrected chi connectivity index (χ4v) is 2.44. The molecule has 0 aliphatic carbocycles. The van der Waals surface area contributed by atoms with Gasteiger partial charge in [-0.05, 0) is 45.0 Å². The van der Waals surface area contributed by atoms with Gasteiger partial charge in [0.1, 0.15) is 0 Å². The standard InChI is InChI=1S/C17H21N3O4S/c1-17(2,3)20(24-25(21,22)23)16(18-14-10-6-4-7-11-14)19-15-12-8-5-9-13-15/h4-13H,1-3H3,(H,18,19)(H,21,22,23). The van der Waals surface area contributed by atoms with Crippen LogP contribution >= 0.6 is 0 Å². The zero-order valence-corrected chi connectivity index (χ0v) is 15.1. The Bertz CT molecular complexity index is 816. The van der Waals surface area contributed by atoms with E-state index in [1.54, 1.807) is 45.0 Å². The molecule has 7 nitrogen and oxygen atoms in total. The van der Waals surface area contributed by atoms with E-state index in [0.29, 0.717) is 11.4 Å². The molecule has 0 saturated heterocycles. The first-order chi connectivity index (χ1) is 11.6. The van der Waals surface area contributed by atoms with Crippen LogP contribution in [-0.2, 0) is 14.7 Å². The van der Waals surface area contributed by atoms with Crippen molar-refractivity contribution in [2.24, 2.45) is 4.99 Å². The van der Waals surface area contributed by atoms with Crippen molar-refractivity contribution in [1.29, 1.82) is 0 Å². The molecule has 0 saturated carbocycles. The lowest BCUT2D eigenvalue weighted by molar-refractivity contribution is -0.0573. The number of aliphatic imine (C=N–C) groups is 1. The van der Waals surface area contributed by atoms with E-state index in [9.17, 15) is 8.42 Å². The number of hydrogen-bond acceptors (Lipinski definition) is 4. The minimum atomic E-state index is -4.73. The van der Waals surface area contributed by atoms with Crippen molar-refractivity contribution < 1.29 is 17.3 Å². The fraction of sp³-hybridized carbons (Fsp3) is 0.235. The maximum atomic E-state index is 11.3. The number of nitrogens with one attached hydrogen (secondary N) is 1. The topological polar surface area (TPSA) is 91.2 Å². The SMILES string of the molecule is CC(C)(C)N(OS(=O)(=O)O)C(=Nc1ccccc1)Nc1ccccc1. The maximum absolute atomic E-state index is 11.3. The summed E-state index contributed by atoms with van der Waals surface area (Å²) < 4.78 is 36.5. The molecule has 0 fully saturated rings. The molecule has 25 heavy (non-hydrogen) atoms. The zero-order chi connectivity index (χ0) is 18.5. The van der Waals surface area contributed by atoms with Crippen molar-refractivity contribution >= 4 is 27.7 Å². The summed E-state index contributed by atoms with van der Waals surface area (Å²) in [6.07, 6.45) is 0. The van der Waals surface area contributed by atoms with Crippen LogP contribution in [0.1, 0.15) is 20.8 Å². The summed E-state index contributed by atoms with van der Waals surface area (Å²) in [5.74, 6) is 0.113. The molecule has 0 atom stereocenters. The molecule has 2 aromatic rings. The number of nitrogens with zero attached hydrogens (tertiary/aromatic N) is 2. The first-order valence-electron chi connectivity index (χ1n) is 7.58. The van der Waals surface area contributed by atoms with Gasteiger partial charge >= 0.3 is 10.4 Å². The Balaban J connectivity index is 2.49. The Morgan fingerprint density at radius 1 is 1.04 bits per heavy atom. The molecule has 0 amide bonds. The van der Waals surface area contributed by atoms with Crippen LogP contribution in [0.25, 0.3) is 0 Å². The van der Waals surface area contributed by atoms with Gasteiger partial charge in [-0.1, -0.05) is 36.4 Å². The summed E-state index contributed by atoms with van der Waals surface area (Å²) >= 11 is 0. The van der Waals surface area contributed by atoms with Crippen LogP contribution in [0.4, 0.5) is 11.4 Å². The molecule has 8 heteroatoms. The molecule has 2 N–H and O–H groups in total. The molecular weight excluding hydrogens is 342 g/mol. The highest BCUT2D eigenvalue weighted by Crippen LogP contribution is 2.21.